The fraction of sp³-hybridized carbons (Fsp3) is 0.308. The fourth-order valence-electron chi connectivity index (χ4n) is 4.26. The topological polar surface area (TPSA) is 54.0 Å². The number of fused-ring (bicyclic) bond motifs is 1. The van der Waals surface area contributed by atoms with Crippen LogP contribution < -0.4 is 0 Å². The van der Waals surface area contributed by atoms with Crippen molar-refractivity contribution in [2.24, 2.45) is 0 Å². The number of benzene rings is 2. The fourth-order valence-corrected chi connectivity index (χ4v) is 4.48. The summed E-state index contributed by atoms with van der Waals surface area (Å²) in [7, 11) is 0. The number of likely N-dealkylation sites (tertiary alicyclic amines) is 1. The van der Waals surface area contributed by atoms with Crippen molar-refractivity contribution >= 4 is 22.6 Å². The molecule has 0 atom stereocenters. The predicted octanol–water partition coefficient (Wildman–Crippen LogP) is 5.50. The van der Waals surface area contributed by atoms with E-state index < -0.39 is 0 Å². The molecule has 6 heteroatoms. The van der Waals surface area contributed by atoms with Gasteiger partial charge in [-0.2, -0.15) is 0 Å². The van der Waals surface area contributed by atoms with Crippen LogP contribution in [-0.2, 0) is 17.8 Å². The van der Waals surface area contributed by atoms with Crippen LogP contribution in [0.1, 0.15) is 24.1 Å². The maximum absolute atomic E-state index is 6.45. The molecule has 1 N–H and O–H groups in total. The van der Waals surface area contributed by atoms with Crippen LogP contribution in [0, 0.1) is 0 Å². The molecule has 3 heterocycles. The lowest BCUT2D eigenvalue weighted by Crippen LogP contribution is -2.38. The first-order valence-electron chi connectivity index (χ1n) is 11.2. The highest BCUT2D eigenvalue weighted by Crippen LogP contribution is 2.26. The van der Waals surface area contributed by atoms with E-state index in [2.05, 4.69) is 50.2 Å². The van der Waals surface area contributed by atoms with Gasteiger partial charge in [0.05, 0.1) is 18.1 Å². The van der Waals surface area contributed by atoms with Gasteiger partial charge in [-0.1, -0.05) is 72.3 Å². The van der Waals surface area contributed by atoms with Gasteiger partial charge in [0.2, 0.25) is 0 Å². The number of piperidine rings is 1. The molecule has 0 aliphatic carbocycles. The number of nitrogens with one attached hydrogen (secondary N) is 1. The van der Waals surface area contributed by atoms with Crippen molar-refractivity contribution in [1.82, 2.24) is 19.9 Å². The van der Waals surface area contributed by atoms with Crippen molar-refractivity contribution in [3.8, 4) is 11.4 Å². The normalized spacial score (nSPS) is 15.4. The van der Waals surface area contributed by atoms with Gasteiger partial charge in [-0.3, -0.25) is 0 Å². The van der Waals surface area contributed by atoms with Gasteiger partial charge in [-0.25, -0.2) is 9.97 Å². The van der Waals surface area contributed by atoms with Crippen LogP contribution in [0.5, 0.6) is 0 Å². The van der Waals surface area contributed by atoms with Crippen molar-refractivity contribution in [2.75, 3.05) is 19.6 Å². The summed E-state index contributed by atoms with van der Waals surface area (Å²) < 4.78 is 6.22. The van der Waals surface area contributed by atoms with Gasteiger partial charge in [-0.05, 0) is 30.9 Å². The Morgan fingerprint density at radius 1 is 0.969 bits per heavy atom. The number of rotatable bonds is 7. The molecule has 0 unspecified atom stereocenters. The monoisotopic (exact) mass is 446 g/mol. The molecule has 0 saturated carbocycles. The van der Waals surface area contributed by atoms with Crippen molar-refractivity contribution in [3.05, 3.63) is 83.1 Å². The van der Waals surface area contributed by atoms with E-state index in [4.69, 9.17) is 16.3 Å². The first kappa shape index (κ1) is 21.1. The highest BCUT2D eigenvalue weighted by Gasteiger charge is 2.20. The minimum absolute atomic E-state index is 0.288. The Hall–Kier alpha value is -2.73. The van der Waals surface area contributed by atoms with Gasteiger partial charge in [-0.15, -0.1) is 0 Å². The van der Waals surface area contributed by atoms with E-state index in [1.54, 1.807) is 0 Å². The second-order valence-corrected chi connectivity index (χ2v) is 8.71. The molecule has 0 bridgehead atoms. The number of nitrogens with zero attached hydrogens (tertiary/aromatic N) is 3. The van der Waals surface area contributed by atoms with Gasteiger partial charge in [0.1, 0.15) is 10.8 Å². The number of aromatic nitrogens is 3. The zero-order valence-corrected chi connectivity index (χ0v) is 18.8. The Bertz CT molecular complexity index is 1150. The molecule has 0 amide bonds. The largest absolute Gasteiger partial charge is 0.372 e. The van der Waals surface area contributed by atoms with Crippen LogP contribution in [0.3, 0.4) is 0 Å². The molecule has 1 aliphatic heterocycles. The van der Waals surface area contributed by atoms with Crippen LogP contribution in [0.4, 0.5) is 0 Å². The third-order valence-corrected chi connectivity index (χ3v) is 6.39. The van der Waals surface area contributed by atoms with Gasteiger partial charge in [0, 0.05) is 30.9 Å². The summed E-state index contributed by atoms with van der Waals surface area (Å²) in [6, 6.07) is 22.6. The Kier molecular flexibility index (Phi) is 6.49. The molecule has 164 valence electrons. The minimum Gasteiger partial charge on any atom is -0.372 e. The van der Waals surface area contributed by atoms with E-state index in [0.29, 0.717) is 17.6 Å². The molecule has 1 aliphatic rings. The number of aromatic amines is 1. The zero-order valence-electron chi connectivity index (χ0n) is 18.0. The third kappa shape index (κ3) is 5.01. The van der Waals surface area contributed by atoms with E-state index in [0.717, 1.165) is 61.2 Å². The summed E-state index contributed by atoms with van der Waals surface area (Å²) in [6.07, 6.45) is 3.52. The molecule has 5 rings (SSSR count). The Morgan fingerprint density at radius 3 is 2.44 bits per heavy atom. The summed E-state index contributed by atoms with van der Waals surface area (Å²) in [4.78, 5) is 15.0. The molecule has 5 nitrogen and oxygen atoms in total. The summed E-state index contributed by atoms with van der Waals surface area (Å²) in [6.45, 7) is 3.81. The number of halogens is 1. The summed E-state index contributed by atoms with van der Waals surface area (Å²) in [5.74, 6) is 0.625. The summed E-state index contributed by atoms with van der Waals surface area (Å²) in [5, 5.41) is 1.30. The lowest BCUT2D eigenvalue weighted by Gasteiger charge is -2.31. The van der Waals surface area contributed by atoms with E-state index in [1.807, 2.05) is 36.4 Å². The van der Waals surface area contributed by atoms with E-state index in [1.165, 1.54) is 5.56 Å². The van der Waals surface area contributed by atoms with Gasteiger partial charge in [0.15, 0.2) is 5.82 Å². The smallest absolute Gasteiger partial charge is 0.163 e. The van der Waals surface area contributed by atoms with Crippen molar-refractivity contribution < 1.29 is 4.74 Å². The zero-order chi connectivity index (χ0) is 21.8. The SMILES string of the molecule is Clc1nc(-c2ccccc2)nc2[nH]c(COC3CCN(CCc4ccccc4)CC3)cc12. The van der Waals surface area contributed by atoms with Gasteiger partial charge < -0.3 is 14.6 Å². The standard InChI is InChI=1S/C26H27ClN4O/c27-24-23-17-21(28-26(23)30-25(29-24)20-9-5-2-6-10-20)18-32-22-12-15-31(16-13-22)14-11-19-7-3-1-4-8-19/h1-10,17,22H,11-16,18H2,(H,28,29,30). The lowest BCUT2D eigenvalue weighted by atomic mass is 10.1. The van der Waals surface area contributed by atoms with E-state index in [9.17, 15) is 0 Å². The maximum Gasteiger partial charge on any atom is 0.163 e. The number of hydrogen-bond acceptors (Lipinski definition) is 4. The minimum atomic E-state index is 0.288. The Morgan fingerprint density at radius 2 is 1.69 bits per heavy atom. The molecular weight excluding hydrogens is 420 g/mol. The summed E-state index contributed by atoms with van der Waals surface area (Å²) in [5.41, 5.74) is 4.08. The summed E-state index contributed by atoms with van der Waals surface area (Å²) >= 11 is 6.45. The second kappa shape index (κ2) is 9.82. The quantitative estimate of drug-likeness (QED) is 0.381. The number of ether oxygens (including phenoxy) is 1. The predicted molar refractivity (Wildman–Crippen MR) is 129 cm³/mol. The van der Waals surface area contributed by atoms with Crippen LogP contribution >= 0.6 is 11.6 Å². The second-order valence-electron chi connectivity index (χ2n) is 8.35. The molecular formula is C26H27ClN4O. The van der Waals surface area contributed by atoms with Gasteiger partial charge in [0.25, 0.3) is 0 Å². The van der Waals surface area contributed by atoms with Crippen LogP contribution in [0.15, 0.2) is 66.7 Å². The Labute approximate surface area is 193 Å². The number of H-pyrrole nitrogens is 1. The van der Waals surface area contributed by atoms with Crippen molar-refractivity contribution in [2.45, 2.75) is 32.0 Å². The molecule has 2 aromatic heterocycles. The third-order valence-electron chi connectivity index (χ3n) is 6.10. The van der Waals surface area contributed by atoms with Crippen molar-refractivity contribution in [1.29, 1.82) is 0 Å². The molecule has 2 aromatic carbocycles. The first-order chi connectivity index (χ1) is 15.7. The van der Waals surface area contributed by atoms with Crippen LogP contribution in [0.25, 0.3) is 22.4 Å². The average molecular weight is 447 g/mol. The average Bonchev–Trinajstić information content (AvgIpc) is 3.27. The lowest BCUT2D eigenvalue weighted by molar-refractivity contribution is -0.00329. The van der Waals surface area contributed by atoms with E-state index in [-0.39, 0.29) is 6.10 Å². The van der Waals surface area contributed by atoms with Crippen LogP contribution in [0.2, 0.25) is 5.15 Å². The number of hydrogen-bond donors (Lipinski definition) is 1. The molecule has 1 saturated heterocycles. The molecule has 0 spiro atoms. The molecule has 32 heavy (non-hydrogen) atoms. The van der Waals surface area contributed by atoms with E-state index >= 15 is 0 Å². The molecule has 4 aromatic rings. The highest BCUT2D eigenvalue weighted by molar-refractivity contribution is 6.34. The van der Waals surface area contributed by atoms with Crippen molar-refractivity contribution in [3.63, 3.8) is 0 Å². The molecule has 1 fully saturated rings. The molecule has 0 radical (unpaired) electrons. The van der Waals surface area contributed by atoms with Gasteiger partial charge >= 0.3 is 0 Å². The first-order valence-corrected chi connectivity index (χ1v) is 11.6. The van der Waals surface area contributed by atoms with Crippen LogP contribution in [-0.4, -0.2) is 45.6 Å². The highest BCUT2D eigenvalue weighted by atomic mass is 35.5. The Balaban J connectivity index is 1.15. The maximum atomic E-state index is 6.45.